The van der Waals surface area contributed by atoms with E-state index < -0.39 is 10.0 Å². The van der Waals surface area contributed by atoms with Gasteiger partial charge in [-0.1, -0.05) is 35.0 Å². The minimum atomic E-state index is -3.50. The Bertz CT molecular complexity index is 1180. The van der Waals surface area contributed by atoms with Crippen molar-refractivity contribution in [3.05, 3.63) is 58.8 Å². The smallest absolute Gasteiger partial charge is 0.243 e. The van der Waals surface area contributed by atoms with Crippen LogP contribution in [0.4, 0.5) is 0 Å². The van der Waals surface area contributed by atoms with Crippen LogP contribution in [0, 0.1) is 0 Å². The Morgan fingerprint density at radius 3 is 2.41 bits per heavy atom. The third kappa shape index (κ3) is 4.80. The zero-order valence-electron chi connectivity index (χ0n) is 18.2. The molecule has 4 rings (SSSR count). The zero-order chi connectivity index (χ0) is 22.7. The molecule has 1 saturated heterocycles. The van der Waals surface area contributed by atoms with Crippen molar-refractivity contribution in [3.63, 3.8) is 0 Å². The van der Waals surface area contributed by atoms with Gasteiger partial charge < -0.3 is 4.74 Å². The fraction of sp³-hybridized carbons (Fsp3) is 0.391. The topological polar surface area (TPSA) is 75.6 Å². The maximum absolute atomic E-state index is 13.0. The van der Waals surface area contributed by atoms with Gasteiger partial charge in [-0.15, -0.1) is 0 Å². The zero-order valence-corrected chi connectivity index (χ0v) is 20.6. The number of ether oxygens (including phenoxy) is 1. The Morgan fingerprint density at radius 1 is 1.03 bits per heavy atom. The van der Waals surface area contributed by atoms with Gasteiger partial charge in [-0.05, 0) is 49.7 Å². The van der Waals surface area contributed by atoms with Gasteiger partial charge in [0, 0.05) is 30.7 Å². The monoisotopic (exact) mass is 518 g/mol. The second-order valence-electron chi connectivity index (χ2n) is 7.82. The number of halogens is 1. The molecule has 1 fully saturated rings. The first-order valence-electron chi connectivity index (χ1n) is 10.8. The fourth-order valence-electron chi connectivity index (χ4n) is 3.81. The van der Waals surface area contributed by atoms with Crippen molar-refractivity contribution in [2.45, 2.75) is 31.2 Å². The van der Waals surface area contributed by atoms with Crippen LogP contribution < -0.4 is 4.74 Å². The van der Waals surface area contributed by atoms with E-state index in [1.165, 1.54) is 0 Å². The fourth-order valence-corrected chi connectivity index (χ4v) is 5.50. The first-order valence-corrected chi connectivity index (χ1v) is 13.0. The molecule has 1 unspecified atom stereocenters. The molecule has 0 aliphatic carbocycles. The number of fused-ring (bicyclic) bond motifs is 1. The summed E-state index contributed by atoms with van der Waals surface area (Å²) in [6.45, 7) is 6.80. The van der Waals surface area contributed by atoms with Crippen LogP contribution in [0.15, 0.2) is 57.9 Å². The van der Waals surface area contributed by atoms with Gasteiger partial charge in [0.05, 0.1) is 28.4 Å². The summed E-state index contributed by atoms with van der Waals surface area (Å²) in [7, 11) is -3.50. The highest BCUT2D eigenvalue weighted by atomic mass is 79.9. The first kappa shape index (κ1) is 23.1. The highest BCUT2D eigenvalue weighted by Gasteiger charge is 2.31. The molecule has 1 aromatic heterocycles. The second-order valence-corrected chi connectivity index (χ2v) is 10.7. The highest BCUT2D eigenvalue weighted by molar-refractivity contribution is 9.10. The maximum atomic E-state index is 13.0. The van der Waals surface area contributed by atoms with Gasteiger partial charge in [0.2, 0.25) is 15.9 Å². The van der Waals surface area contributed by atoms with Crippen molar-refractivity contribution in [2.24, 2.45) is 0 Å². The van der Waals surface area contributed by atoms with Crippen molar-refractivity contribution in [3.8, 4) is 5.88 Å². The summed E-state index contributed by atoms with van der Waals surface area (Å²) in [6, 6.07) is 14.6. The molecule has 1 aliphatic heterocycles. The van der Waals surface area contributed by atoms with Gasteiger partial charge in [-0.3, -0.25) is 4.90 Å². The van der Waals surface area contributed by atoms with Crippen LogP contribution in [0.25, 0.3) is 10.9 Å². The lowest BCUT2D eigenvalue weighted by Gasteiger charge is -2.36. The standard InChI is InChI=1S/C23H27BrN4O3S/c1-3-16-31-23-20-6-4-5-7-21(20)25-22(26-23)17(2)27-12-14-28(15-13-27)32(29,30)19-10-8-18(24)9-11-19/h4-11,17H,3,12-16H2,1-2H3. The average molecular weight is 519 g/mol. The number of para-hydroxylation sites is 1. The van der Waals surface area contributed by atoms with Crippen LogP contribution in [0.2, 0.25) is 0 Å². The van der Waals surface area contributed by atoms with Gasteiger partial charge in [0.25, 0.3) is 0 Å². The normalized spacial score (nSPS) is 16.8. The number of nitrogens with zero attached hydrogens (tertiary/aromatic N) is 4. The molecule has 170 valence electrons. The van der Waals surface area contributed by atoms with Crippen LogP contribution in [0.1, 0.15) is 32.1 Å². The summed E-state index contributed by atoms with van der Waals surface area (Å²) in [5.41, 5.74) is 0.854. The van der Waals surface area contributed by atoms with E-state index in [0.717, 1.165) is 21.8 Å². The summed E-state index contributed by atoms with van der Waals surface area (Å²) in [4.78, 5) is 12.0. The lowest BCUT2D eigenvalue weighted by molar-refractivity contribution is 0.140. The molecule has 0 radical (unpaired) electrons. The molecular weight excluding hydrogens is 492 g/mol. The summed E-state index contributed by atoms with van der Waals surface area (Å²) in [5.74, 6) is 1.30. The van der Waals surface area contributed by atoms with E-state index >= 15 is 0 Å². The van der Waals surface area contributed by atoms with Crippen molar-refractivity contribution in [1.29, 1.82) is 0 Å². The third-order valence-electron chi connectivity index (χ3n) is 5.67. The third-order valence-corrected chi connectivity index (χ3v) is 8.12. The Balaban J connectivity index is 1.50. The molecule has 0 N–H and O–H groups in total. The Labute approximate surface area is 197 Å². The Morgan fingerprint density at radius 2 is 1.72 bits per heavy atom. The van der Waals surface area contributed by atoms with Crippen LogP contribution in [-0.2, 0) is 10.0 Å². The number of piperazine rings is 1. The molecule has 0 bridgehead atoms. The van der Waals surface area contributed by atoms with Crippen molar-refractivity contribution in [2.75, 3.05) is 32.8 Å². The van der Waals surface area contributed by atoms with Crippen molar-refractivity contribution < 1.29 is 13.2 Å². The van der Waals surface area contributed by atoms with Crippen LogP contribution in [0.5, 0.6) is 5.88 Å². The quantitative estimate of drug-likeness (QED) is 0.465. The van der Waals surface area contributed by atoms with Gasteiger partial charge in [-0.25, -0.2) is 13.4 Å². The van der Waals surface area contributed by atoms with E-state index in [0.29, 0.717) is 49.4 Å². The number of hydrogen-bond donors (Lipinski definition) is 0. The maximum Gasteiger partial charge on any atom is 0.243 e. The van der Waals surface area contributed by atoms with Crippen LogP contribution in [0.3, 0.4) is 0 Å². The molecule has 0 amide bonds. The minimum absolute atomic E-state index is 0.0545. The van der Waals surface area contributed by atoms with Gasteiger partial charge in [0.1, 0.15) is 5.82 Å². The molecule has 0 saturated carbocycles. The number of rotatable bonds is 7. The molecule has 32 heavy (non-hydrogen) atoms. The van der Waals surface area contributed by atoms with Crippen molar-refractivity contribution >= 4 is 36.9 Å². The SMILES string of the molecule is CCCOc1nc(C(C)N2CCN(S(=O)(=O)c3ccc(Br)cc3)CC2)nc2ccccc12. The van der Waals surface area contributed by atoms with Crippen molar-refractivity contribution in [1.82, 2.24) is 19.2 Å². The molecule has 0 spiro atoms. The van der Waals surface area contributed by atoms with E-state index in [2.05, 4.69) is 34.7 Å². The van der Waals surface area contributed by atoms with Crippen LogP contribution >= 0.6 is 15.9 Å². The summed E-state index contributed by atoms with van der Waals surface area (Å²) >= 11 is 3.35. The van der Waals surface area contributed by atoms with E-state index in [-0.39, 0.29) is 6.04 Å². The number of hydrogen-bond acceptors (Lipinski definition) is 6. The minimum Gasteiger partial charge on any atom is -0.477 e. The summed E-state index contributed by atoms with van der Waals surface area (Å²) in [5, 5.41) is 0.905. The molecular formula is C23H27BrN4O3S. The second kappa shape index (κ2) is 9.82. The van der Waals surface area contributed by atoms with E-state index in [4.69, 9.17) is 14.7 Å². The Hall–Kier alpha value is -2.07. The predicted octanol–water partition coefficient (Wildman–Crippen LogP) is 4.25. The molecule has 3 aromatic rings. The predicted molar refractivity (Wildman–Crippen MR) is 128 cm³/mol. The summed E-state index contributed by atoms with van der Waals surface area (Å²) in [6.07, 6.45) is 0.901. The number of aromatic nitrogens is 2. The van der Waals surface area contributed by atoms with Gasteiger partial charge >= 0.3 is 0 Å². The molecule has 2 aromatic carbocycles. The summed E-state index contributed by atoms with van der Waals surface area (Å²) < 4.78 is 34.3. The highest BCUT2D eigenvalue weighted by Crippen LogP contribution is 2.28. The first-order chi connectivity index (χ1) is 15.4. The molecule has 7 nitrogen and oxygen atoms in total. The molecule has 2 heterocycles. The molecule has 1 aliphatic rings. The number of sulfonamides is 1. The van der Waals surface area contributed by atoms with E-state index in [1.54, 1.807) is 28.6 Å². The average Bonchev–Trinajstić information content (AvgIpc) is 2.82. The largest absolute Gasteiger partial charge is 0.477 e. The lowest BCUT2D eigenvalue weighted by atomic mass is 10.2. The van der Waals surface area contributed by atoms with E-state index in [1.807, 2.05) is 24.3 Å². The molecule has 1 atom stereocenters. The lowest BCUT2D eigenvalue weighted by Crippen LogP contribution is -2.49. The van der Waals surface area contributed by atoms with E-state index in [9.17, 15) is 8.42 Å². The van der Waals surface area contributed by atoms with Gasteiger partial charge in [-0.2, -0.15) is 9.29 Å². The Kier molecular flexibility index (Phi) is 7.09. The number of benzene rings is 2. The van der Waals surface area contributed by atoms with Gasteiger partial charge in [0.15, 0.2) is 0 Å². The molecule has 9 heteroatoms. The van der Waals surface area contributed by atoms with Crippen LogP contribution in [-0.4, -0.2) is 60.4 Å².